The molecule has 2 aromatic carbocycles. The third kappa shape index (κ3) is 8.72. The lowest BCUT2D eigenvalue weighted by Crippen LogP contribution is -2.51. The van der Waals surface area contributed by atoms with Crippen LogP contribution in [0.25, 0.3) is 0 Å². The van der Waals surface area contributed by atoms with Crippen LogP contribution in [0.4, 0.5) is 5.69 Å². The van der Waals surface area contributed by atoms with Crippen LogP contribution in [0.1, 0.15) is 81.0 Å². The van der Waals surface area contributed by atoms with Crippen LogP contribution in [0.2, 0.25) is 0 Å². The monoisotopic (exact) mass is 685 g/mol. The van der Waals surface area contributed by atoms with Crippen molar-refractivity contribution in [2.24, 2.45) is 16.6 Å². The zero-order valence-corrected chi connectivity index (χ0v) is 30.0. The number of fused-ring (bicyclic) bond motifs is 1. The fraction of sp³-hybridized carbons (Fsp3) is 0.571. The summed E-state index contributed by atoms with van der Waals surface area (Å²) < 4.78 is 45.8. The molecule has 1 heterocycles. The molecule has 2 aromatic rings. The molecule has 1 saturated carbocycles. The van der Waals surface area contributed by atoms with Crippen LogP contribution in [-0.4, -0.2) is 64.7 Å². The van der Waals surface area contributed by atoms with Gasteiger partial charge in [-0.25, -0.2) is 17.9 Å². The third-order valence-corrected chi connectivity index (χ3v) is 11.0. The van der Waals surface area contributed by atoms with Crippen molar-refractivity contribution >= 4 is 33.5 Å². The van der Waals surface area contributed by atoms with Crippen LogP contribution in [-0.2, 0) is 30.8 Å². The number of nitrogens with zero attached hydrogens (tertiary/aromatic N) is 1. The molecule has 0 spiro atoms. The van der Waals surface area contributed by atoms with Crippen molar-refractivity contribution in [1.29, 1.82) is 0 Å². The number of hydrogen-bond acceptors (Lipinski definition) is 9. The average molecular weight is 686 g/mol. The highest BCUT2D eigenvalue weighted by molar-refractivity contribution is 7.90. The lowest BCUT2D eigenvalue weighted by molar-refractivity contribution is -0.145. The van der Waals surface area contributed by atoms with Crippen LogP contribution in [0.3, 0.4) is 0 Å². The van der Waals surface area contributed by atoms with Crippen molar-refractivity contribution in [3.8, 4) is 11.5 Å². The summed E-state index contributed by atoms with van der Waals surface area (Å²) in [5.41, 5.74) is 9.27. The minimum Gasteiger partial charge on any atom is -0.497 e. The van der Waals surface area contributed by atoms with Crippen LogP contribution < -0.4 is 30.6 Å². The first-order chi connectivity index (χ1) is 22.7. The van der Waals surface area contributed by atoms with Gasteiger partial charge < -0.3 is 30.6 Å². The van der Waals surface area contributed by atoms with E-state index in [1.807, 2.05) is 45.0 Å². The van der Waals surface area contributed by atoms with E-state index in [1.165, 1.54) is 7.11 Å². The molecule has 0 radical (unpaired) electrons. The molecule has 0 aromatic heterocycles. The molecule has 1 aliphatic carbocycles. The Kier molecular flexibility index (Phi) is 11.9. The van der Waals surface area contributed by atoms with Gasteiger partial charge >= 0.3 is 5.97 Å². The largest absolute Gasteiger partial charge is 0.497 e. The molecule has 12 nitrogen and oxygen atoms in total. The number of benzene rings is 2. The summed E-state index contributed by atoms with van der Waals surface area (Å²) in [6.07, 6.45) is 6.19. The van der Waals surface area contributed by atoms with Gasteiger partial charge in [0.1, 0.15) is 29.2 Å². The smallest absolute Gasteiger partial charge is 0.328 e. The number of guanidine groups is 1. The molecule has 2 atom stereocenters. The van der Waals surface area contributed by atoms with E-state index in [2.05, 4.69) is 20.3 Å². The number of amides is 1. The number of methoxy groups -OCH3 is 2. The molecular formula is C35H51N5O7S. The highest BCUT2D eigenvalue weighted by Crippen LogP contribution is 2.43. The summed E-state index contributed by atoms with van der Waals surface area (Å²) in [4.78, 5) is 30.8. The van der Waals surface area contributed by atoms with E-state index in [0.717, 1.165) is 54.7 Å². The summed E-state index contributed by atoms with van der Waals surface area (Å²) in [6, 6.07) is 5.92. The molecule has 264 valence electrons. The summed E-state index contributed by atoms with van der Waals surface area (Å²) in [7, 11) is -1.17. The highest BCUT2D eigenvalue weighted by atomic mass is 32.2. The van der Waals surface area contributed by atoms with Gasteiger partial charge in [-0.2, -0.15) is 0 Å². The highest BCUT2D eigenvalue weighted by Gasteiger charge is 2.37. The fourth-order valence-corrected chi connectivity index (χ4v) is 8.27. The molecule has 1 aliphatic heterocycles. The van der Waals surface area contributed by atoms with Crippen LogP contribution in [0.15, 0.2) is 34.2 Å². The van der Waals surface area contributed by atoms with Gasteiger partial charge in [0.15, 0.2) is 0 Å². The molecular weight excluding hydrogens is 634 g/mol. The van der Waals surface area contributed by atoms with E-state index in [0.29, 0.717) is 29.7 Å². The van der Waals surface area contributed by atoms with Crippen molar-refractivity contribution in [2.75, 3.05) is 26.1 Å². The third-order valence-electron chi connectivity index (χ3n) is 9.35. The molecule has 5 N–H and O–H groups in total. The number of nitrogens with two attached hydrogens (primary N) is 1. The van der Waals surface area contributed by atoms with Gasteiger partial charge in [0.25, 0.3) is 10.0 Å². The molecule has 0 saturated heterocycles. The zero-order chi connectivity index (χ0) is 35.2. The molecule has 1 unspecified atom stereocenters. The Balaban J connectivity index is 1.41. The molecule has 1 fully saturated rings. The lowest BCUT2D eigenvalue weighted by atomic mass is 9.83. The number of anilines is 1. The maximum absolute atomic E-state index is 13.7. The Hall–Kier alpha value is -4.00. The normalized spacial score (nSPS) is 17.4. The number of rotatable bonds is 13. The second-order valence-electron chi connectivity index (χ2n) is 13.4. The van der Waals surface area contributed by atoms with Gasteiger partial charge in [0.2, 0.25) is 11.9 Å². The van der Waals surface area contributed by atoms with Gasteiger partial charge in [-0.1, -0.05) is 19.3 Å². The van der Waals surface area contributed by atoms with Crippen molar-refractivity contribution in [3.05, 3.63) is 46.5 Å². The van der Waals surface area contributed by atoms with E-state index in [9.17, 15) is 18.0 Å². The Morgan fingerprint density at radius 1 is 1.04 bits per heavy atom. The molecule has 48 heavy (non-hydrogen) atoms. The minimum atomic E-state index is -4.05. The zero-order valence-electron chi connectivity index (χ0n) is 29.2. The maximum Gasteiger partial charge on any atom is 0.328 e. The number of aliphatic imine (C=N–C) groups is 1. The topological polar surface area (TPSA) is 170 Å². The van der Waals surface area contributed by atoms with Crippen LogP contribution in [0, 0.1) is 26.7 Å². The number of carbonyl (C=O) groups is 2. The SMILES string of the molecule is COC(=O)[C@H](CCCN=C(N)NS(=O)(=O)c1c(C)c(C)c2c(c1C)CC(C)(C)O2)NC(=O)C(Nc1ccc(OC)cc1)C1CCCCC1. The Bertz CT molecular complexity index is 1620. The number of sulfonamides is 1. The fourth-order valence-electron chi connectivity index (χ4n) is 6.75. The maximum atomic E-state index is 13.7. The summed E-state index contributed by atoms with van der Waals surface area (Å²) in [5, 5.41) is 6.28. The Labute approximate surface area is 284 Å². The van der Waals surface area contributed by atoms with Crippen LogP contribution in [0.5, 0.6) is 11.5 Å². The molecule has 13 heteroatoms. The number of hydrogen-bond donors (Lipinski definition) is 4. The molecule has 2 aliphatic rings. The number of carbonyl (C=O) groups excluding carboxylic acids is 2. The number of ether oxygens (including phenoxy) is 3. The molecule has 4 rings (SSSR count). The standard InChI is InChI=1S/C35H51N5O7S/c1-21-22(2)31(23(3)27-20-35(4,5)47-30(21)27)48(43,44)40-34(36)37-19-11-14-28(33(42)46-7)39-32(41)29(24-12-9-8-10-13-24)38-25-15-17-26(45-6)18-16-25/h15-18,24,28-29,38H,8-14,19-20H2,1-7H3,(H,39,41)(H3,36,37,40)/t28-,29?/m0/s1. The minimum absolute atomic E-state index is 0.109. The Morgan fingerprint density at radius 3 is 2.33 bits per heavy atom. The second kappa shape index (κ2) is 15.5. The number of esters is 1. The lowest BCUT2D eigenvalue weighted by Gasteiger charge is -2.31. The van der Waals surface area contributed by atoms with E-state index >= 15 is 0 Å². The first kappa shape index (κ1) is 36.8. The van der Waals surface area contributed by atoms with E-state index in [4.69, 9.17) is 19.9 Å². The first-order valence-electron chi connectivity index (χ1n) is 16.6. The Morgan fingerprint density at radius 2 is 1.71 bits per heavy atom. The van der Waals surface area contributed by atoms with Crippen molar-refractivity contribution in [1.82, 2.24) is 10.0 Å². The first-order valence-corrected chi connectivity index (χ1v) is 18.1. The average Bonchev–Trinajstić information content (AvgIpc) is 3.39. The predicted molar refractivity (Wildman–Crippen MR) is 186 cm³/mol. The second-order valence-corrected chi connectivity index (χ2v) is 15.0. The van der Waals surface area contributed by atoms with Gasteiger partial charge in [-0.15, -0.1) is 0 Å². The van der Waals surface area contributed by atoms with Gasteiger partial charge in [-0.3, -0.25) is 9.79 Å². The summed E-state index contributed by atoms with van der Waals surface area (Å²) in [6.45, 7) is 9.47. The predicted octanol–water partition coefficient (Wildman–Crippen LogP) is 4.43. The van der Waals surface area contributed by atoms with Crippen molar-refractivity contribution < 1.29 is 32.2 Å². The van der Waals surface area contributed by atoms with E-state index in [-0.39, 0.29) is 35.6 Å². The quantitative estimate of drug-likeness (QED) is 0.103. The molecule has 1 amide bonds. The summed E-state index contributed by atoms with van der Waals surface area (Å²) >= 11 is 0. The molecule has 0 bridgehead atoms. The van der Waals surface area contributed by atoms with Crippen molar-refractivity contribution in [3.63, 3.8) is 0 Å². The van der Waals surface area contributed by atoms with E-state index in [1.54, 1.807) is 21.0 Å². The van der Waals surface area contributed by atoms with E-state index < -0.39 is 33.7 Å². The van der Waals surface area contributed by atoms with Gasteiger partial charge in [0.05, 0.1) is 19.1 Å². The van der Waals surface area contributed by atoms with Crippen LogP contribution >= 0.6 is 0 Å². The van der Waals surface area contributed by atoms with Gasteiger partial charge in [0, 0.05) is 24.2 Å². The summed E-state index contributed by atoms with van der Waals surface area (Å²) in [5.74, 6) is 0.444. The van der Waals surface area contributed by atoms with Gasteiger partial charge in [-0.05, 0) is 107 Å². The van der Waals surface area contributed by atoms with Crippen molar-refractivity contribution in [2.45, 2.75) is 109 Å². The number of nitrogens with one attached hydrogen (secondary N) is 3.